The van der Waals surface area contributed by atoms with Gasteiger partial charge in [0.05, 0.1) is 27.6 Å². The normalized spacial score (nSPS) is 11.7. The fourth-order valence-corrected chi connectivity index (χ4v) is 4.04. The summed E-state index contributed by atoms with van der Waals surface area (Å²) in [6, 6.07) is 20.1. The van der Waals surface area contributed by atoms with E-state index in [9.17, 15) is 32.5 Å². The van der Waals surface area contributed by atoms with Gasteiger partial charge in [0.25, 0.3) is 5.56 Å². The van der Waals surface area contributed by atoms with Crippen molar-refractivity contribution in [1.29, 1.82) is 0 Å². The van der Waals surface area contributed by atoms with E-state index in [1.54, 1.807) is 24.3 Å². The van der Waals surface area contributed by atoms with Crippen LogP contribution in [-0.2, 0) is 12.8 Å². The smallest absolute Gasteiger partial charge is 0.416 e. The second-order valence-corrected chi connectivity index (χ2v) is 8.80. The third-order valence-corrected chi connectivity index (χ3v) is 5.99. The van der Waals surface area contributed by atoms with Gasteiger partial charge in [-0.2, -0.15) is 22.9 Å². The predicted molar refractivity (Wildman–Crippen MR) is 143 cm³/mol. The third-order valence-electron chi connectivity index (χ3n) is 5.99. The average molecular weight is 562 g/mol. The lowest BCUT2D eigenvalue weighted by atomic mass is 10.1. The van der Waals surface area contributed by atoms with Crippen LogP contribution in [0.3, 0.4) is 0 Å². The zero-order chi connectivity index (χ0) is 29.1. The first-order valence-corrected chi connectivity index (χ1v) is 12.0. The first-order valence-electron chi connectivity index (χ1n) is 12.0. The molecule has 4 aromatic carbocycles. The summed E-state index contributed by atoms with van der Waals surface area (Å²) in [6.07, 6.45) is -3.48. The van der Waals surface area contributed by atoms with Crippen molar-refractivity contribution in [3.63, 3.8) is 0 Å². The highest BCUT2D eigenvalue weighted by Gasteiger charge is 2.31. The molecular formula is C29H18F4N4O4. The van der Waals surface area contributed by atoms with Crippen LogP contribution in [0.1, 0.15) is 16.7 Å². The highest BCUT2D eigenvalue weighted by molar-refractivity contribution is 5.83. The number of alkyl halides is 3. The van der Waals surface area contributed by atoms with Gasteiger partial charge in [0.15, 0.2) is 11.6 Å². The highest BCUT2D eigenvalue weighted by atomic mass is 19.4. The summed E-state index contributed by atoms with van der Waals surface area (Å²) in [4.78, 5) is 28.8. The average Bonchev–Trinajstić information content (AvgIpc) is 2.95. The number of nitro groups is 1. The van der Waals surface area contributed by atoms with Crippen LogP contribution in [0.5, 0.6) is 5.75 Å². The molecule has 41 heavy (non-hydrogen) atoms. The Morgan fingerprint density at radius 3 is 2.51 bits per heavy atom. The second kappa shape index (κ2) is 11.0. The molecule has 0 fully saturated rings. The lowest BCUT2D eigenvalue weighted by Gasteiger charge is -2.12. The van der Waals surface area contributed by atoms with E-state index in [4.69, 9.17) is 4.74 Å². The Bertz CT molecular complexity index is 1870. The summed E-state index contributed by atoms with van der Waals surface area (Å²) in [5, 5.41) is 16.1. The number of hydrogen-bond acceptors (Lipinski definition) is 6. The molecule has 0 aliphatic carbocycles. The number of para-hydroxylation sites is 1. The van der Waals surface area contributed by atoms with Gasteiger partial charge in [-0.15, -0.1) is 0 Å². The SMILES string of the molecule is O=c1c2ccccc2nc(-c2cccc(C(F)(F)F)c2)n1N=Cc1ccc(OCc2cccc(F)c2)c([N+](=O)[O-])c1. The Morgan fingerprint density at radius 2 is 1.76 bits per heavy atom. The van der Waals surface area contributed by atoms with E-state index >= 15 is 0 Å². The third kappa shape index (κ3) is 5.96. The summed E-state index contributed by atoms with van der Waals surface area (Å²) in [6.45, 7) is -0.120. The molecule has 0 aliphatic rings. The van der Waals surface area contributed by atoms with Crippen LogP contribution < -0.4 is 10.3 Å². The van der Waals surface area contributed by atoms with Crippen molar-refractivity contribution in [2.24, 2.45) is 5.10 Å². The van der Waals surface area contributed by atoms with Crippen LogP contribution in [0.4, 0.5) is 23.2 Å². The number of nitrogens with zero attached hydrogens (tertiary/aromatic N) is 4. The second-order valence-electron chi connectivity index (χ2n) is 8.80. The monoisotopic (exact) mass is 562 g/mol. The zero-order valence-electron chi connectivity index (χ0n) is 20.9. The van der Waals surface area contributed by atoms with E-state index in [-0.39, 0.29) is 40.2 Å². The van der Waals surface area contributed by atoms with E-state index in [1.807, 2.05) is 0 Å². The van der Waals surface area contributed by atoms with Crippen LogP contribution in [0.15, 0.2) is 101 Å². The summed E-state index contributed by atoms with van der Waals surface area (Å²) in [5.41, 5.74) is -1.08. The molecule has 1 heterocycles. The van der Waals surface area contributed by atoms with Gasteiger partial charge in [-0.1, -0.05) is 36.4 Å². The van der Waals surface area contributed by atoms with Gasteiger partial charge < -0.3 is 4.74 Å². The van der Waals surface area contributed by atoms with Crippen molar-refractivity contribution in [1.82, 2.24) is 9.66 Å². The molecule has 0 radical (unpaired) electrons. The summed E-state index contributed by atoms with van der Waals surface area (Å²) in [5.74, 6) is -0.707. The van der Waals surface area contributed by atoms with Crippen molar-refractivity contribution < 1.29 is 27.2 Å². The van der Waals surface area contributed by atoms with E-state index in [2.05, 4.69) is 10.1 Å². The lowest BCUT2D eigenvalue weighted by molar-refractivity contribution is -0.385. The molecule has 0 spiro atoms. The molecule has 0 aliphatic heterocycles. The number of hydrogen-bond donors (Lipinski definition) is 0. The molecule has 5 aromatic rings. The van der Waals surface area contributed by atoms with Crippen LogP contribution in [-0.4, -0.2) is 20.8 Å². The lowest BCUT2D eigenvalue weighted by Crippen LogP contribution is -2.20. The Balaban J connectivity index is 1.54. The Morgan fingerprint density at radius 1 is 0.976 bits per heavy atom. The van der Waals surface area contributed by atoms with E-state index in [0.29, 0.717) is 5.56 Å². The van der Waals surface area contributed by atoms with Crippen LogP contribution in [0, 0.1) is 15.9 Å². The molecule has 0 bridgehead atoms. The molecule has 0 saturated carbocycles. The van der Waals surface area contributed by atoms with E-state index in [0.717, 1.165) is 29.1 Å². The van der Waals surface area contributed by atoms with Crippen LogP contribution in [0.25, 0.3) is 22.3 Å². The van der Waals surface area contributed by atoms with Crippen molar-refractivity contribution in [2.45, 2.75) is 12.8 Å². The Hall–Kier alpha value is -5.39. The van der Waals surface area contributed by atoms with Gasteiger partial charge in [-0.25, -0.2) is 9.37 Å². The fourth-order valence-electron chi connectivity index (χ4n) is 4.04. The largest absolute Gasteiger partial charge is 0.482 e. The number of aromatic nitrogens is 2. The molecule has 0 unspecified atom stereocenters. The molecule has 12 heteroatoms. The number of ether oxygens (including phenoxy) is 1. The zero-order valence-corrected chi connectivity index (χ0v) is 20.9. The summed E-state index contributed by atoms with van der Waals surface area (Å²) >= 11 is 0. The molecule has 1 aromatic heterocycles. The minimum atomic E-state index is -4.63. The van der Waals surface area contributed by atoms with E-state index < -0.39 is 33.7 Å². The van der Waals surface area contributed by atoms with Gasteiger partial charge in [0.1, 0.15) is 12.4 Å². The maximum atomic E-state index is 13.4. The van der Waals surface area contributed by atoms with Gasteiger partial charge in [-0.05, 0) is 54.1 Å². The predicted octanol–water partition coefficient (Wildman–Crippen LogP) is 6.59. The van der Waals surface area contributed by atoms with Crippen molar-refractivity contribution in [3.8, 4) is 17.1 Å². The van der Waals surface area contributed by atoms with Gasteiger partial charge in [0, 0.05) is 17.2 Å². The summed E-state index contributed by atoms with van der Waals surface area (Å²) in [7, 11) is 0. The molecule has 206 valence electrons. The number of benzene rings is 4. The molecule has 5 rings (SSSR count). The van der Waals surface area contributed by atoms with Crippen molar-refractivity contribution >= 4 is 22.8 Å². The number of rotatable bonds is 7. The number of nitro benzene ring substituents is 1. The molecule has 8 nitrogen and oxygen atoms in total. The number of halogens is 4. The first-order chi connectivity index (χ1) is 19.6. The van der Waals surface area contributed by atoms with Crippen LogP contribution in [0.2, 0.25) is 0 Å². The van der Waals surface area contributed by atoms with E-state index in [1.165, 1.54) is 48.5 Å². The molecular weight excluding hydrogens is 544 g/mol. The molecule has 0 N–H and O–H groups in total. The Labute approximate surface area is 228 Å². The highest BCUT2D eigenvalue weighted by Crippen LogP contribution is 2.32. The Kier molecular flexibility index (Phi) is 7.30. The molecule has 0 saturated heterocycles. The minimum absolute atomic E-state index is 0.00750. The van der Waals surface area contributed by atoms with Gasteiger partial charge >= 0.3 is 11.9 Å². The molecule has 0 atom stereocenters. The molecule has 0 amide bonds. The fraction of sp³-hybridized carbons (Fsp3) is 0.0690. The quantitative estimate of drug-likeness (QED) is 0.0965. The maximum absolute atomic E-state index is 13.4. The standard InChI is InChI=1S/C29H18F4N4O4/c30-22-8-3-5-19(13-22)17-41-26-12-11-18(14-25(26)37(39)40)16-34-36-27(20-6-4-7-21(15-20)29(31,32)33)35-24-10-2-1-9-23(24)28(36)38/h1-16H,17H2. The van der Waals surface area contributed by atoms with Crippen molar-refractivity contribution in [3.05, 3.63) is 134 Å². The van der Waals surface area contributed by atoms with Crippen molar-refractivity contribution in [2.75, 3.05) is 0 Å². The van der Waals surface area contributed by atoms with Gasteiger partial charge in [-0.3, -0.25) is 14.9 Å². The van der Waals surface area contributed by atoms with Crippen LogP contribution >= 0.6 is 0 Å². The minimum Gasteiger partial charge on any atom is -0.482 e. The number of fused-ring (bicyclic) bond motifs is 1. The topological polar surface area (TPSA) is 99.6 Å². The first kappa shape index (κ1) is 27.2. The van der Waals surface area contributed by atoms with Gasteiger partial charge in [0.2, 0.25) is 0 Å². The summed E-state index contributed by atoms with van der Waals surface area (Å²) < 4.78 is 60.0. The maximum Gasteiger partial charge on any atom is 0.416 e.